The van der Waals surface area contributed by atoms with Crippen molar-refractivity contribution < 1.29 is 4.79 Å². The van der Waals surface area contributed by atoms with E-state index in [1.54, 1.807) is 0 Å². The lowest BCUT2D eigenvalue weighted by Gasteiger charge is -2.03. The van der Waals surface area contributed by atoms with E-state index in [1.807, 2.05) is 36.4 Å². The molecule has 0 aliphatic heterocycles. The highest BCUT2D eigenvalue weighted by Gasteiger charge is 2.03. The van der Waals surface area contributed by atoms with Crippen molar-refractivity contribution >= 4 is 5.78 Å². The highest BCUT2D eigenvalue weighted by Crippen LogP contribution is 2.13. The Labute approximate surface area is 179 Å². The molecule has 0 aliphatic carbocycles. The molecule has 1 heteroatoms. The van der Waals surface area contributed by atoms with Crippen molar-refractivity contribution in [1.29, 1.82) is 0 Å². The number of unbranched alkanes of at least 4 members (excludes halogenated alkanes) is 10. The van der Waals surface area contributed by atoms with Gasteiger partial charge in [-0.25, -0.2) is 0 Å². The highest BCUT2D eigenvalue weighted by atomic mass is 16.1. The van der Waals surface area contributed by atoms with E-state index < -0.39 is 0 Å². The van der Waals surface area contributed by atoms with Gasteiger partial charge in [0, 0.05) is 12.0 Å². The number of benzene rings is 2. The summed E-state index contributed by atoms with van der Waals surface area (Å²) in [5, 5.41) is 0. The Morgan fingerprint density at radius 3 is 1.48 bits per heavy atom. The molecule has 0 aromatic heterocycles. The number of aryl methyl sites for hydroxylation is 1. The molecule has 0 saturated carbocycles. The van der Waals surface area contributed by atoms with Crippen molar-refractivity contribution in [3.05, 3.63) is 71.8 Å². The van der Waals surface area contributed by atoms with Crippen LogP contribution < -0.4 is 0 Å². The van der Waals surface area contributed by atoms with Gasteiger partial charge in [-0.05, 0) is 18.4 Å². The molecule has 0 heterocycles. The number of Topliss-reactive ketones (excluding diaryl/α,β-unsaturated/α-hetero) is 1. The van der Waals surface area contributed by atoms with Crippen molar-refractivity contribution in [1.82, 2.24) is 0 Å². The molecule has 0 spiro atoms. The lowest BCUT2D eigenvalue weighted by Crippen LogP contribution is -1.98. The number of ketones is 1. The zero-order valence-electron chi connectivity index (χ0n) is 18.9. The van der Waals surface area contributed by atoms with Crippen LogP contribution in [0.15, 0.2) is 60.7 Å². The monoisotopic (exact) mass is 394 g/mol. The SMILES string of the molecule is CCCCCCCCCCCCCC(=O)c1ccccc1.CCc1ccccc1. The van der Waals surface area contributed by atoms with E-state index in [0.717, 1.165) is 18.4 Å². The molecular formula is C28H42O. The molecular weight excluding hydrogens is 352 g/mol. The second-order valence-electron chi connectivity index (χ2n) is 7.91. The van der Waals surface area contributed by atoms with Gasteiger partial charge in [-0.15, -0.1) is 0 Å². The van der Waals surface area contributed by atoms with Crippen LogP contribution >= 0.6 is 0 Å². The molecule has 0 amide bonds. The summed E-state index contributed by atoms with van der Waals surface area (Å²) in [7, 11) is 0. The molecule has 0 saturated heterocycles. The molecule has 2 aromatic rings. The Kier molecular flexibility index (Phi) is 15.7. The van der Waals surface area contributed by atoms with Crippen LogP contribution in [0.25, 0.3) is 0 Å². The van der Waals surface area contributed by atoms with Crippen LogP contribution in [0.1, 0.15) is 107 Å². The third-order valence-electron chi connectivity index (χ3n) is 5.35. The van der Waals surface area contributed by atoms with E-state index in [2.05, 4.69) is 38.1 Å². The second kappa shape index (κ2) is 18.2. The number of hydrogen-bond acceptors (Lipinski definition) is 1. The minimum atomic E-state index is 0.298. The molecule has 0 bridgehead atoms. The third-order valence-corrected chi connectivity index (χ3v) is 5.35. The van der Waals surface area contributed by atoms with Crippen molar-refractivity contribution in [2.45, 2.75) is 97.3 Å². The largest absolute Gasteiger partial charge is 0.294 e. The summed E-state index contributed by atoms with van der Waals surface area (Å²) in [6.07, 6.45) is 16.5. The van der Waals surface area contributed by atoms with Crippen molar-refractivity contribution in [2.24, 2.45) is 0 Å². The van der Waals surface area contributed by atoms with Crippen LogP contribution in [0, 0.1) is 0 Å². The van der Waals surface area contributed by atoms with Gasteiger partial charge in [0.2, 0.25) is 0 Å². The molecule has 0 fully saturated rings. The molecule has 0 aliphatic rings. The van der Waals surface area contributed by atoms with Crippen LogP contribution in [0.2, 0.25) is 0 Å². The Hall–Kier alpha value is -1.89. The lowest BCUT2D eigenvalue weighted by molar-refractivity contribution is 0.0979. The topological polar surface area (TPSA) is 17.1 Å². The molecule has 0 N–H and O–H groups in total. The predicted octanol–water partition coefficient (Wildman–Crippen LogP) is 8.82. The maximum absolute atomic E-state index is 11.9. The molecule has 0 atom stereocenters. The number of carbonyl (C=O) groups excluding carboxylic acids is 1. The summed E-state index contributed by atoms with van der Waals surface area (Å²) in [6.45, 7) is 4.43. The fourth-order valence-electron chi connectivity index (χ4n) is 3.43. The van der Waals surface area contributed by atoms with Gasteiger partial charge in [0.15, 0.2) is 5.78 Å². The second-order valence-corrected chi connectivity index (χ2v) is 7.91. The third kappa shape index (κ3) is 13.8. The summed E-state index contributed by atoms with van der Waals surface area (Å²) >= 11 is 0. The maximum Gasteiger partial charge on any atom is 0.162 e. The van der Waals surface area contributed by atoms with E-state index in [4.69, 9.17) is 0 Å². The fraction of sp³-hybridized carbons (Fsp3) is 0.536. The van der Waals surface area contributed by atoms with Crippen molar-refractivity contribution in [2.75, 3.05) is 0 Å². The Morgan fingerprint density at radius 1 is 0.586 bits per heavy atom. The minimum absolute atomic E-state index is 0.298. The van der Waals surface area contributed by atoms with Crippen LogP contribution in [0.4, 0.5) is 0 Å². The fourth-order valence-corrected chi connectivity index (χ4v) is 3.43. The number of rotatable bonds is 14. The average Bonchev–Trinajstić information content (AvgIpc) is 2.79. The van der Waals surface area contributed by atoms with Gasteiger partial charge in [-0.1, -0.05) is 139 Å². The van der Waals surface area contributed by atoms with E-state index in [-0.39, 0.29) is 0 Å². The zero-order chi connectivity index (χ0) is 21.0. The van der Waals surface area contributed by atoms with Gasteiger partial charge in [0.05, 0.1) is 0 Å². The predicted molar refractivity (Wildman–Crippen MR) is 128 cm³/mol. The van der Waals surface area contributed by atoms with Crippen LogP contribution in [-0.4, -0.2) is 5.78 Å². The normalized spacial score (nSPS) is 10.3. The van der Waals surface area contributed by atoms with Gasteiger partial charge >= 0.3 is 0 Å². The van der Waals surface area contributed by atoms with E-state index in [1.165, 1.54) is 69.8 Å². The van der Waals surface area contributed by atoms with Gasteiger partial charge in [-0.2, -0.15) is 0 Å². The first-order valence-corrected chi connectivity index (χ1v) is 11.9. The Bertz CT molecular complexity index is 603. The molecule has 160 valence electrons. The Morgan fingerprint density at radius 2 is 1.03 bits per heavy atom. The molecule has 1 nitrogen and oxygen atoms in total. The average molecular weight is 395 g/mol. The van der Waals surface area contributed by atoms with E-state index in [9.17, 15) is 4.79 Å². The van der Waals surface area contributed by atoms with Gasteiger partial charge in [0.25, 0.3) is 0 Å². The standard InChI is InChI=1S/C20H32O.C8H10/c1-2-3-4-5-6-7-8-9-10-11-15-18-20(21)19-16-13-12-14-17-19;1-2-8-6-4-3-5-7-8/h12-14,16-17H,2-11,15,18H2,1H3;3-7H,2H2,1H3. The van der Waals surface area contributed by atoms with E-state index >= 15 is 0 Å². The van der Waals surface area contributed by atoms with Crippen LogP contribution in [0.3, 0.4) is 0 Å². The van der Waals surface area contributed by atoms with Gasteiger partial charge < -0.3 is 0 Å². The van der Waals surface area contributed by atoms with Crippen molar-refractivity contribution in [3.63, 3.8) is 0 Å². The first-order chi connectivity index (χ1) is 14.3. The molecule has 29 heavy (non-hydrogen) atoms. The number of hydrogen-bond donors (Lipinski definition) is 0. The lowest BCUT2D eigenvalue weighted by atomic mass is 10.0. The van der Waals surface area contributed by atoms with E-state index in [0.29, 0.717) is 12.2 Å². The maximum atomic E-state index is 11.9. The minimum Gasteiger partial charge on any atom is -0.294 e. The summed E-state index contributed by atoms with van der Waals surface area (Å²) < 4.78 is 0. The van der Waals surface area contributed by atoms with Crippen LogP contribution in [0.5, 0.6) is 0 Å². The zero-order valence-corrected chi connectivity index (χ0v) is 18.9. The molecule has 0 radical (unpaired) electrons. The quantitative estimate of drug-likeness (QED) is 0.231. The first kappa shape index (κ1) is 25.1. The first-order valence-electron chi connectivity index (χ1n) is 11.9. The smallest absolute Gasteiger partial charge is 0.162 e. The molecule has 2 aromatic carbocycles. The molecule has 0 unspecified atom stereocenters. The number of carbonyl (C=O) groups is 1. The Balaban J connectivity index is 0.000000436. The summed E-state index contributed by atoms with van der Waals surface area (Å²) in [5.41, 5.74) is 2.28. The highest BCUT2D eigenvalue weighted by molar-refractivity contribution is 5.95. The van der Waals surface area contributed by atoms with Crippen molar-refractivity contribution in [3.8, 4) is 0 Å². The summed E-state index contributed by atoms with van der Waals surface area (Å²) in [6, 6.07) is 20.1. The van der Waals surface area contributed by atoms with Gasteiger partial charge in [-0.3, -0.25) is 4.79 Å². The summed E-state index contributed by atoms with van der Waals surface area (Å²) in [4.78, 5) is 11.9. The molecule has 2 rings (SSSR count). The summed E-state index contributed by atoms with van der Waals surface area (Å²) in [5.74, 6) is 0.298. The van der Waals surface area contributed by atoms with Gasteiger partial charge in [0.1, 0.15) is 0 Å². The van der Waals surface area contributed by atoms with Crippen LogP contribution in [-0.2, 0) is 6.42 Å².